The van der Waals surface area contributed by atoms with E-state index >= 15 is 0 Å². The van der Waals surface area contributed by atoms with Gasteiger partial charge in [-0.25, -0.2) is 8.42 Å². The van der Waals surface area contributed by atoms with Crippen molar-refractivity contribution >= 4 is 53.3 Å². The van der Waals surface area contributed by atoms with Crippen molar-refractivity contribution in [3.05, 3.63) is 50.9 Å². The molecule has 7 heteroatoms. The van der Waals surface area contributed by atoms with Crippen LogP contribution < -0.4 is 10.5 Å². The van der Waals surface area contributed by atoms with Gasteiger partial charge in [0.15, 0.2) is 0 Å². The van der Waals surface area contributed by atoms with Crippen molar-refractivity contribution in [3.63, 3.8) is 0 Å². The van der Waals surface area contributed by atoms with Crippen LogP contribution in [0.15, 0.2) is 50.2 Å². The molecule has 0 aliphatic carbocycles. The Morgan fingerprint density at radius 3 is 2.50 bits per heavy atom. The van der Waals surface area contributed by atoms with E-state index in [1.165, 1.54) is 6.07 Å². The normalized spacial score (nSPS) is 11.3. The topological polar surface area (TPSA) is 72.2 Å². The average molecular weight is 420 g/mol. The van der Waals surface area contributed by atoms with Gasteiger partial charge < -0.3 is 5.73 Å². The molecule has 0 amide bonds. The van der Waals surface area contributed by atoms with E-state index in [9.17, 15) is 8.42 Å². The second-order valence-corrected chi connectivity index (χ2v) is 7.62. The van der Waals surface area contributed by atoms with Crippen LogP contribution in [0.2, 0.25) is 0 Å². The van der Waals surface area contributed by atoms with E-state index < -0.39 is 10.0 Å². The Labute approximate surface area is 134 Å². The molecule has 2 aromatic rings. The zero-order valence-corrected chi connectivity index (χ0v) is 14.5. The molecule has 0 fully saturated rings. The third-order valence-electron chi connectivity index (χ3n) is 2.79. The van der Waals surface area contributed by atoms with Gasteiger partial charge in [0.2, 0.25) is 0 Å². The molecule has 0 atom stereocenters. The molecule has 0 heterocycles. The summed E-state index contributed by atoms with van der Waals surface area (Å²) in [6.45, 7) is 1.68. The van der Waals surface area contributed by atoms with Gasteiger partial charge in [0.1, 0.15) is 0 Å². The van der Waals surface area contributed by atoms with Gasteiger partial charge in [-0.15, -0.1) is 0 Å². The van der Waals surface area contributed by atoms with Crippen LogP contribution in [0, 0.1) is 6.92 Å². The van der Waals surface area contributed by atoms with Gasteiger partial charge in [0.05, 0.1) is 10.6 Å². The third kappa shape index (κ3) is 3.16. The molecule has 0 saturated carbocycles. The molecular formula is C13H12Br2N2O2S. The fourth-order valence-electron chi connectivity index (χ4n) is 1.69. The molecule has 20 heavy (non-hydrogen) atoms. The van der Waals surface area contributed by atoms with Crippen LogP contribution in [0.1, 0.15) is 5.56 Å². The molecule has 0 aliphatic heterocycles. The summed E-state index contributed by atoms with van der Waals surface area (Å²) in [6, 6.07) is 10.0. The molecule has 0 unspecified atom stereocenters. The number of anilines is 2. The molecular weight excluding hydrogens is 408 g/mol. The fraction of sp³-hybridized carbons (Fsp3) is 0.0769. The Balaban J connectivity index is 2.44. The average Bonchev–Trinajstić information content (AvgIpc) is 2.36. The summed E-state index contributed by atoms with van der Waals surface area (Å²) >= 11 is 6.64. The van der Waals surface area contributed by atoms with E-state index in [-0.39, 0.29) is 4.90 Å². The summed E-state index contributed by atoms with van der Waals surface area (Å²) in [5.41, 5.74) is 7.20. The predicted molar refractivity (Wildman–Crippen MR) is 88.2 cm³/mol. The summed E-state index contributed by atoms with van der Waals surface area (Å²) in [4.78, 5) is 0.173. The van der Waals surface area contributed by atoms with Crippen molar-refractivity contribution in [2.24, 2.45) is 0 Å². The highest BCUT2D eigenvalue weighted by atomic mass is 79.9. The van der Waals surface area contributed by atoms with E-state index in [1.807, 2.05) is 0 Å². The second kappa shape index (κ2) is 5.75. The van der Waals surface area contributed by atoms with Crippen LogP contribution in [-0.2, 0) is 10.0 Å². The molecule has 0 saturated heterocycles. The lowest BCUT2D eigenvalue weighted by atomic mass is 10.2. The van der Waals surface area contributed by atoms with Gasteiger partial charge in [-0.3, -0.25) is 4.72 Å². The van der Waals surface area contributed by atoms with Crippen molar-refractivity contribution in [1.82, 2.24) is 0 Å². The number of benzene rings is 2. The molecule has 0 bridgehead atoms. The highest BCUT2D eigenvalue weighted by Crippen LogP contribution is 2.29. The predicted octanol–water partition coefficient (Wildman–Crippen LogP) is 3.90. The van der Waals surface area contributed by atoms with Crippen LogP contribution in [0.5, 0.6) is 0 Å². The van der Waals surface area contributed by atoms with Gasteiger partial charge in [0, 0.05) is 14.6 Å². The van der Waals surface area contributed by atoms with Crippen LogP contribution in [0.4, 0.5) is 11.4 Å². The van der Waals surface area contributed by atoms with Crippen LogP contribution >= 0.6 is 31.9 Å². The standard InChI is InChI=1S/C13H12Br2N2O2S/c1-8-11(16)3-2-4-13(8)20(18,19)17-12-6-5-9(14)7-10(12)15/h2-7,17H,16H2,1H3. The van der Waals surface area contributed by atoms with E-state index in [2.05, 4.69) is 36.6 Å². The van der Waals surface area contributed by atoms with Crippen LogP contribution in [0.25, 0.3) is 0 Å². The quantitative estimate of drug-likeness (QED) is 0.741. The number of nitrogens with one attached hydrogen (secondary N) is 1. The van der Waals surface area contributed by atoms with Crippen LogP contribution in [0.3, 0.4) is 0 Å². The highest BCUT2D eigenvalue weighted by molar-refractivity contribution is 9.11. The number of halogens is 2. The van der Waals surface area contributed by atoms with E-state index in [0.717, 1.165) is 4.47 Å². The lowest BCUT2D eigenvalue weighted by Gasteiger charge is -2.13. The van der Waals surface area contributed by atoms with Crippen molar-refractivity contribution in [2.75, 3.05) is 10.5 Å². The number of rotatable bonds is 3. The maximum absolute atomic E-state index is 12.4. The molecule has 0 radical (unpaired) electrons. The first kappa shape index (κ1) is 15.3. The van der Waals surface area contributed by atoms with Gasteiger partial charge in [0.25, 0.3) is 10.0 Å². The minimum atomic E-state index is -3.68. The smallest absolute Gasteiger partial charge is 0.262 e. The number of sulfonamides is 1. The highest BCUT2D eigenvalue weighted by Gasteiger charge is 2.19. The minimum Gasteiger partial charge on any atom is -0.398 e. The van der Waals surface area contributed by atoms with Gasteiger partial charge >= 0.3 is 0 Å². The van der Waals surface area contributed by atoms with Gasteiger partial charge in [-0.2, -0.15) is 0 Å². The summed E-state index contributed by atoms with van der Waals surface area (Å²) in [5.74, 6) is 0. The van der Waals surface area contributed by atoms with Gasteiger partial charge in [-0.05, 0) is 58.7 Å². The monoisotopic (exact) mass is 418 g/mol. The Hall–Kier alpha value is -1.05. The number of hydrogen-bond donors (Lipinski definition) is 2. The maximum atomic E-state index is 12.4. The molecule has 2 rings (SSSR count). The zero-order valence-electron chi connectivity index (χ0n) is 10.5. The third-order valence-corrected chi connectivity index (χ3v) is 5.45. The van der Waals surface area contributed by atoms with E-state index in [0.29, 0.717) is 21.4 Å². The van der Waals surface area contributed by atoms with Crippen molar-refractivity contribution in [1.29, 1.82) is 0 Å². The Morgan fingerprint density at radius 1 is 1.15 bits per heavy atom. The first-order valence-electron chi connectivity index (χ1n) is 5.64. The fourth-order valence-corrected chi connectivity index (χ4v) is 4.33. The molecule has 3 N–H and O–H groups in total. The molecule has 106 valence electrons. The number of nitrogen functional groups attached to an aromatic ring is 1. The molecule has 2 aromatic carbocycles. The molecule has 0 aliphatic rings. The minimum absolute atomic E-state index is 0.173. The number of nitrogens with two attached hydrogens (primary N) is 1. The summed E-state index contributed by atoms with van der Waals surface area (Å²) in [6.07, 6.45) is 0. The largest absolute Gasteiger partial charge is 0.398 e. The van der Waals surface area contributed by atoms with Gasteiger partial charge in [-0.1, -0.05) is 22.0 Å². The SMILES string of the molecule is Cc1c(N)cccc1S(=O)(=O)Nc1ccc(Br)cc1Br. The molecule has 0 spiro atoms. The lowest BCUT2D eigenvalue weighted by molar-refractivity contribution is 0.600. The molecule has 4 nitrogen and oxygen atoms in total. The first-order chi connectivity index (χ1) is 9.31. The number of hydrogen-bond acceptors (Lipinski definition) is 3. The summed E-state index contributed by atoms with van der Waals surface area (Å²) < 4.78 is 28.9. The zero-order chi connectivity index (χ0) is 14.9. The van der Waals surface area contributed by atoms with Crippen molar-refractivity contribution < 1.29 is 8.42 Å². The Kier molecular flexibility index (Phi) is 4.41. The van der Waals surface area contributed by atoms with Crippen molar-refractivity contribution in [3.8, 4) is 0 Å². The summed E-state index contributed by atoms with van der Waals surface area (Å²) in [7, 11) is -3.68. The second-order valence-electron chi connectivity index (χ2n) is 4.20. The lowest BCUT2D eigenvalue weighted by Crippen LogP contribution is -2.15. The van der Waals surface area contributed by atoms with Crippen LogP contribution in [-0.4, -0.2) is 8.42 Å². The first-order valence-corrected chi connectivity index (χ1v) is 8.71. The Bertz CT molecular complexity index is 761. The van der Waals surface area contributed by atoms with E-state index in [1.54, 1.807) is 37.3 Å². The van der Waals surface area contributed by atoms with Crippen molar-refractivity contribution in [2.45, 2.75) is 11.8 Å². The van der Waals surface area contributed by atoms with E-state index in [4.69, 9.17) is 5.73 Å². The summed E-state index contributed by atoms with van der Waals surface area (Å²) in [5, 5.41) is 0. The maximum Gasteiger partial charge on any atom is 0.262 e. The molecule has 0 aromatic heterocycles. The Morgan fingerprint density at radius 2 is 1.85 bits per heavy atom.